The van der Waals surface area contributed by atoms with Gasteiger partial charge in [0.25, 0.3) is 5.56 Å². The lowest BCUT2D eigenvalue weighted by molar-refractivity contribution is -0.181. The Morgan fingerprint density at radius 2 is 1.90 bits per heavy atom. The predicted octanol–water partition coefficient (Wildman–Crippen LogP) is 5.12. The van der Waals surface area contributed by atoms with Crippen molar-refractivity contribution in [1.82, 2.24) is 4.57 Å². The van der Waals surface area contributed by atoms with E-state index >= 15 is 4.39 Å². The number of benzene rings is 2. The van der Waals surface area contributed by atoms with Crippen molar-refractivity contribution in [2.45, 2.75) is 38.1 Å². The first-order chi connectivity index (χ1) is 19.3. The number of nitrogens with two attached hydrogens (primary N) is 1. The summed E-state index contributed by atoms with van der Waals surface area (Å²) < 4.78 is 68.5. The summed E-state index contributed by atoms with van der Waals surface area (Å²) in [6.07, 6.45) is -4.67. The first-order valence-electron chi connectivity index (χ1n) is 12.5. The molecule has 8 nitrogen and oxygen atoms in total. The van der Waals surface area contributed by atoms with Crippen LogP contribution in [0.2, 0.25) is 5.02 Å². The standard InChI is InChI=1S/C28H26ClF4N3O5/c1-14(40-2)9-21(27(39)35-18-6-3-15(4-7-18)26(34)38)36-12-22-19(11-23(36)37)24-16(5-8-20(29)25(24)30)10-17(13-41-22)28(31,32)33/h3-8,11-12,14,17,21H,9-10,13H2,1-2H3,(H2,34,38)(H,35,39)/t14-,17+,21-/m0/s1. The molecule has 2 amide bonds. The molecule has 218 valence electrons. The van der Waals surface area contributed by atoms with E-state index in [9.17, 15) is 27.6 Å². The highest BCUT2D eigenvalue weighted by Crippen LogP contribution is 2.42. The van der Waals surface area contributed by atoms with Gasteiger partial charge in [0, 0.05) is 42.0 Å². The lowest BCUT2D eigenvalue weighted by Crippen LogP contribution is -2.36. The van der Waals surface area contributed by atoms with Crippen LogP contribution in [0.15, 0.2) is 53.5 Å². The van der Waals surface area contributed by atoms with E-state index in [0.717, 1.165) is 22.9 Å². The van der Waals surface area contributed by atoms with Crippen molar-refractivity contribution >= 4 is 29.1 Å². The first kappa shape index (κ1) is 30.1. The molecule has 1 aliphatic rings. The number of methoxy groups -OCH3 is 1. The van der Waals surface area contributed by atoms with Gasteiger partial charge < -0.3 is 20.5 Å². The Kier molecular flexibility index (Phi) is 8.74. The number of pyridine rings is 1. The highest BCUT2D eigenvalue weighted by Gasteiger charge is 2.42. The van der Waals surface area contributed by atoms with Crippen LogP contribution in [0.3, 0.4) is 0 Å². The van der Waals surface area contributed by atoms with Gasteiger partial charge >= 0.3 is 6.18 Å². The molecule has 0 spiro atoms. The summed E-state index contributed by atoms with van der Waals surface area (Å²) in [4.78, 5) is 38.2. The highest BCUT2D eigenvalue weighted by molar-refractivity contribution is 6.31. The number of amides is 2. The zero-order valence-electron chi connectivity index (χ0n) is 21.9. The number of carbonyl (C=O) groups excluding carboxylic acids is 2. The number of primary amides is 1. The monoisotopic (exact) mass is 595 g/mol. The van der Waals surface area contributed by atoms with E-state index in [1.165, 1.54) is 37.4 Å². The zero-order chi connectivity index (χ0) is 30.1. The Hall–Kier alpha value is -3.90. The van der Waals surface area contributed by atoms with E-state index in [1.54, 1.807) is 6.92 Å². The van der Waals surface area contributed by atoms with Gasteiger partial charge in [-0.3, -0.25) is 19.0 Å². The summed E-state index contributed by atoms with van der Waals surface area (Å²) in [7, 11) is 1.41. The number of nitrogens with zero attached hydrogens (tertiary/aromatic N) is 1. The van der Waals surface area contributed by atoms with E-state index in [2.05, 4.69) is 5.32 Å². The van der Waals surface area contributed by atoms with Crippen molar-refractivity contribution in [1.29, 1.82) is 0 Å². The number of ether oxygens (including phenoxy) is 2. The highest BCUT2D eigenvalue weighted by atomic mass is 35.5. The molecule has 2 aromatic carbocycles. The molecule has 1 aromatic heterocycles. The number of halogens is 5. The second kappa shape index (κ2) is 11.9. The van der Waals surface area contributed by atoms with Crippen molar-refractivity contribution in [3.05, 3.63) is 81.0 Å². The minimum Gasteiger partial charge on any atom is -0.491 e. The molecule has 1 aliphatic heterocycles. The predicted molar refractivity (Wildman–Crippen MR) is 144 cm³/mol. The molecule has 3 atom stereocenters. The van der Waals surface area contributed by atoms with Crippen LogP contribution in [-0.4, -0.2) is 42.4 Å². The summed E-state index contributed by atoms with van der Waals surface area (Å²) in [5, 5.41) is 2.32. The lowest BCUT2D eigenvalue weighted by atomic mass is 9.90. The van der Waals surface area contributed by atoms with Gasteiger partial charge in [0.15, 0.2) is 0 Å². The molecule has 3 N–H and O–H groups in total. The number of nitrogens with one attached hydrogen (secondary N) is 1. The molecule has 0 fully saturated rings. The van der Waals surface area contributed by atoms with Gasteiger partial charge in [0.05, 0.1) is 23.2 Å². The van der Waals surface area contributed by atoms with Gasteiger partial charge in [0.1, 0.15) is 24.2 Å². The first-order valence-corrected chi connectivity index (χ1v) is 12.8. The maximum atomic E-state index is 15.3. The van der Waals surface area contributed by atoms with Crippen LogP contribution in [0.5, 0.6) is 5.75 Å². The fourth-order valence-electron chi connectivity index (χ4n) is 4.56. The smallest absolute Gasteiger partial charge is 0.395 e. The molecule has 3 aromatic rings. The maximum absolute atomic E-state index is 15.3. The summed E-state index contributed by atoms with van der Waals surface area (Å²) in [6, 6.07) is 7.96. The van der Waals surface area contributed by atoms with Crippen LogP contribution < -0.4 is 21.3 Å². The summed E-state index contributed by atoms with van der Waals surface area (Å²) in [5.74, 6) is -4.50. The number of rotatable bonds is 7. The molecule has 13 heteroatoms. The second-order valence-electron chi connectivity index (χ2n) is 9.67. The Balaban J connectivity index is 1.81. The molecule has 2 heterocycles. The average Bonchev–Trinajstić information content (AvgIpc) is 2.90. The molecule has 0 saturated heterocycles. The fourth-order valence-corrected chi connectivity index (χ4v) is 4.72. The number of hydrogen-bond acceptors (Lipinski definition) is 5. The molecular weight excluding hydrogens is 570 g/mol. The van der Waals surface area contributed by atoms with Gasteiger partial charge in [-0.25, -0.2) is 4.39 Å². The molecule has 0 saturated carbocycles. The molecule has 0 unspecified atom stereocenters. The van der Waals surface area contributed by atoms with E-state index in [-0.39, 0.29) is 39.4 Å². The van der Waals surface area contributed by atoms with Gasteiger partial charge in [-0.1, -0.05) is 17.7 Å². The third kappa shape index (κ3) is 6.54. The van der Waals surface area contributed by atoms with Crippen molar-refractivity contribution < 1.29 is 36.6 Å². The van der Waals surface area contributed by atoms with Crippen LogP contribution in [0, 0.1) is 11.7 Å². The Bertz CT molecular complexity index is 1520. The number of aromatic nitrogens is 1. The van der Waals surface area contributed by atoms with Crippen molar-refractivity contribution in [2.24, 2.45) is 11.7 Å². The normalized spacial score (nSPS) is 16.3. The van der Waals surface area contributed by atoms with Crippen molar-refractivity contribution in [3.63, 3.8) is 0 Å². The van der Waals surface area contributed by atoms with Gasteiger partial charge in [-0.15, -0.1) is 0 Å². The van der Waals surface area contributed by atoms with E-state index in [0.29, 0.717) is 5.69 Å². The Morgan fingerprint density at radius 1 is 1.22 bits per heavy atom. The molecule has 0 bridgehead atoms. The lowest BCUT2D eigenvalue weighted by Gasteiger charge is -2.28. The van der Waals surface area contributed by atoms with Crippen LogP contribution in [0.1, 0.15) is 35.3 Å². The third-order valence-electron chi connectivity index (χ3n) is 6.90. The van der Waals surface area contributed by atoms with Gasteiger partial charge in [-0.05, 0) is 49.2 Å². The largest absolute Gasteiger partial charge is 0.491 e. The quantitative estimate of drug-likeness (QED) is 0.368. The Morgan fingerprint density at radius 3 is 2.51 bits per heavy atom. The molecule has 0 radical (unpaired) electrons. The van der Waals surface area contributed by atoms with Gasteiger partial charge in [-0.2, -0.15) is 13.2 Å². The number of alkyl halides is 3. The average molecular weight is 596 g/mol. The number of anilines is 1. The van der Waals surface area contributed by atoms with Crippen LogP contribution in [0.4, 0.5) is 23.2 Å². The number of fused-ring (bicyclic) bond motifs is 3. The summed E-state index contributed by atoms with van der Waals surface area (Å²) in [5.41, 5.74) is 4.68. The topological polar surface area (TPSA) is 113 Å². The van der Waals surface area contributed by atoms with Crippen molar-refractivity contribution in [3.8, 4) is 16.9 Å². The van der Waals surface area contributed by atoms with Crippen molar-refractivity contribution in [2.75, 3.05) is 19.0 Å². The van der Waals surface area contributed by atoms with E-state index in [1.807, 2.05) is 0 Å². The van der Waals surface area contributed by atoms with E-state index < -0.39 is 60.5 Å². The minimum atomic E-state index is -4.65. The SMILES string of the molecule is CO[C@@H](C)C[C@@H](C(=O)Nc1ccc(C(N)=O)cc1)n1cc2c(cc1=O)-c1c(ccc(Cl)c1F)C[C@@H](C(F)(F)F)CO2. The summed E-state index contributed by atoms with van der Waals surface area (Å²) >= 11 is 5.96. The van der Waals surface area contributed by atoms with Crippen LogP contribution in [0.25, 0.3) is 11.1 Å². The molecule has 0 aliphatic carbocycles. The molecule has 41 heavy (non-hydrogen) atoms. The summed E-state index contributed by atoms with van der Waals surface area (Å²) in [6.45, 7) is 0.870. The van der Waals surface area contributed by atoms with Crippen LogP contribution >= 0.6 is 11.6 Å². The van der Waals surface area contributed by atoms with E-state index in [4.69, 9.17) is 26.8 Å². The third-order valence-corrected chi connectivity index (χ3v) is 7.19. The Labute approximate surface area is 237 Å². The van der Waals surface area contributed by atoms with Crippen LogP contribution in [-0.2, 0) is 16.0 Å². The number of carbonyl (C=O) groups is 2. The zero-order valence-corrected chi connectivity index (χ0v) is 22.7. The maximum Gasteiger partial charge on any atom is 0.395 e. The molecule has 4 rings (SSSR count). The van der Waals surface area contributed by atoms with Gasteiger partial charge in [0.2, 0.25) is 11.8 Å². The second-order valence-corrected chi connectivity index (χ2v) is 10.1. The minimum absolute atomic E-state index is 0.0116. The fraction of sp³-hybridized carbons (Fsp3) is 0.321. The number of hydrogen-bond donors (Lipinski definition) is 2. The molecular formula is C28H26ClF4N3O5.